The highest BCUT2D eigenvalue weighted by molar-refractivity contribution is 5.95. The molecule has 2 aliphatic heterocycles. The van der Waals surface area contributed by atoms with Gasteiger partial charge in [0.05, 0.1) is 5.69 Å². The van der Waals surface area contributed by atoms with Gasteiger partial charge in [0.1, 0.15) is 5.75 Å². The maximum Gasteiger partial charge on any atom is 0.254 e. The summed E-state index contributed by atoms with van der Waals surface area (Å²) in [6.45, 7) is 3.68. The van der Waals surface area contributed by atoms with Gasteiger partial charge in [0.2, 0.25) is 0 Å². The highest BCUT2D eigenvalue weighted by Gasteiger charge is 2.32. The molecule has 2 aliphatic rings. The van der Waals surface area contributed by atoms with E-state index in [4.69, 9.17) is 5.73 Å². The van der Waals surface area contributed by atoms with Crippen molar-refractivity contribution >= 4 is 11.6 Å². The zero-order valence-electron chi connectivity index (χ0n) is 10.9. The Morgan fingerprint density at radius 2 is 2.16 bits per heavy atom. The maximum atomic E-state index is 12.4. The lowest BCUT2D eigenvalue weighted by Gasteiger charge is -2.37. The van der Waals surface area contributed by atoms with Crippen LogP contribution in [0.2, 0.25) is 0 Å². The van der Waals surface area contributed by atoms with Crippen LogP contribution in [-0.2, 0) is 0 Å². The minimum atomic E-state index is -0.0228. The highest BCUT2D eigenvalue weighted by Crippen LogP contribution is 2.25. The highest BCUT2D eigenvalue weighted by atomic mass is 16.3. The van der Waals surface area contributed by atoms with Crippen LogP contribution in [0.1, 0.15) is 23.2 Å². The second-order valence-corrected chi connectivity index (χ2v) is 5.36. The summed E-state index contributed by atoms with van der Waals surface area (Å²) in [7, 11) is 0. The minimum absolute atomic E-state index is 0.0122. The Bertz CT molecular complexity index is 503. The summed E-state index contributed by atoms with van der Waals surface area (Å²) < 4.78 is 0. The van der Waals surface area contributed by atoms with E-state index in [2.05, 4.69) is 4.90 Å². The summed E-state index contributed by atoms with van der Waals surface area (Å²) in [5.74, 6) is -0.0350. The molecule has 2 saturated heterocycles. The number of phenols is 1. The summed E-state index contributed by atoms with van der Waals surface area (Å²) in [6.07, 6.45) is 2.41. The molecular formula is C14H19N3O2. The first kappa shape index (κ1) is 12.3. The molecule has 0 saturated carbocycles. The molecule has 1 atom stereocenters. The molecule has 1 unspecified atom stereocenters. The first-order valence-corrected chi connectivity index (χ1v) is 6.77. The number of aromatic hydroxyl groups is 1. The van der Waals surface area contributed by atoms with Crippen molar-refractivity contribution in [1.29, 1.82) is 0 Å². The van der Waals surface area contributed by atoms with Gasteiger partial charge in [-0.05, 0) is 37.6 Å². The number of carbonyl (C=O) groups excluding carboxylic acids is 1. The molecule has 19 heavy (non-hydrogen) atoms. The molecule has 1 amide bonds. The van der Waals surface area contributed by atoms with Gasteiger partial charge in [-0.1, -0.05) is 0 Å². The second kappa shape index (κ2) is 4.74. The van der Waals surface area contributed by atoms with Crippen LogP contribution in [0.3, 0.4) is 0 Å². The van der Waals surface area contributed by atoms with E-state index in [9.17, 15) is 9.90 Å². The fraction of sp³-hybridized carbons (Fsp3) is 0.500. The van der Waals surface area contributed by atoms with Gasteiger partial charge in [0, 0.05) is 31.2 Å². The van der Waals surface area contributed by atoms with Gasteiger partial charge < -0.3 is 15.7 Å². The quantitative estimate of drug-likeness (QED) is 0.582. The third-order valence-electron chi connectivity index (χ3n) is 4.15. The topological polar surface area (TPSA) is 69.8 Å². The average molecular weight is 261 g/mol. The Balaban J connectivity index is 1.74. The smallest absolute Gasteiger partial charge is 0.254 e. The summed E-state index contributed by atoms with van der Waals surface area (Å²) in [6, 6.07) is 5.23. The number of nitrogens with two attached hydrogens (primary N) is 1. The zero-order valence-corrected chi connectivity index (χ0v) is 10.9. The Morgan fingerprint density at radius 3 is 2.95 bits per heavy atom. The van der Waals surface area contributed by atoms with Gasteiger partial charge in [-0.25, -0.2) is 0 Å². The number of fused-ring (bicyclic) bond motifs is 1. The van der Waals surface area contributed by atoms with Crippen LogP contribution in [0, 0.1) is 0 Å². The van der Waals surface area contributed by atoms with Crippen molar-refractivity contribution < 1.29 is 9.90 Å². The van der Waals surface area contributed by atoms with Gasteiger partial charge in [0.25, 0.3) is 5.91 Å². The number of carbonyl (C=O) groups is 1. The van der Waals surface area contributed by atoms with E-state index in [-0.39, 0.29) is 11.7 Å². The number of amides is 1. The van der Waals surface area contributed by atoms with E-state index < -0.39 is 0 Å². The Morgan fingerprint density at radius 1 is 1.32 bits per heavy atom. The van der Waals surface area contributed by atoms with Crippen molar-refractivity contribution in [2.24, 2.45) is 0 Å². The normalized spacial score (nSPS) is 23.4. The standard InChI is InChI=1S/C14H19N3O2/c15-12-4-3-10(8-13(12)18)14(19)17-7-6-16-5-1-2-11(16)9-17/h3-4,8,11,18H,1-2,5-7,9,15H2. The van der Waals surface area contributed by atoms with Crippen molar-refractivity contribution in [3.63, 3.8) is 0 Å². The summed E-state index contributed by atoms with van der Waals surface area (Å²) in [4.78, 5) is 16.8. The van der Waals surface area contributed by atoms with Crippen LogP contribution >= 0.6 is 0 Å². The molecule has 3 N–H and O–H groups in total. The second-order valence-electron chi connectivity index (χ2n) is 5.36. The molecule has 102 valence electrons. The van der Waals surface area contributed by atoms with Crippen molar-refractivity contribution in [1.82, 2.24) is 9.80 Å². The molecule has 0 aliphatic carbocycles. The van der Waals surface area contributed by atoms with Gasteiger partial charge >= 0.3 is 0 Å². The third kappa shape index (κ3) is 2.26. The molecule has 1 aromatic carbocycles. The molecule has 0 spiro atoms. The number of piperazine rings is 1. The Labute approximate surface area is 112 Å². The van der Waals surface area contributed by atoms with Crippen molar-refractivity contribution in [2.45, 2.75) is 18.9 Å². The average Bonchev–Trinajstić information content (AvgIpc) is 2.88. The van der Waals surface area contributed by atoms with E-state index in [1.807, 2.05) is 4.90 Å². The number of nitrogen functional groups attached to an aromatic ring is 1. The number of nitrogens with zero attached hydrogens (tertiary/aromatic N) is 2. The van der Waals surface area contributed by atoms with E-state index in [1.54, 1.807) is 12.1 Å². The van der Waals surface area contributed by atoms with Crippen LogP contribution in [0.15, 0.2) is 18.2 Å². The van der Waals surface area contributed by atoms with Gasteiger partial charge in [-0.2, -0.15) is 0 Å². The molecule has 1 aromatic rings. The minimum Gasteiger partial charge on any atom is -0.506 e. The predicted molar refractivity (Wildman–Crippen MR) is 73.0 cm³/mol. The van der Waals surface area contributed by atoms with Crippen LogP contribution < -0.4 is 5.73 Å². The van der Waals surface area contributed by atoms with E-state index in [0.29, 0.717) is 17.3 Å². The largest absolute Gasteiger partial charge is 0.506 e. The molecule has 2 fully saturated rings. The number of anilines is 1. The lowest BCUT2D eigenvalue weighted by Crippen LogP contribution is -2.52. The molecule has 0 radical (unpaired) electrons. The van der Waals surface area contributed by atoms with Crippen LogP contribution in [0.5, 0.6) is 5.75 Å². The van der Waals surface area contributed by atoms with Gasteiger partial charge in [-0.15, -0.1) is 0 Å². The SMILES string of the molecule is Nc1ccc(C(=O)N2CCN3CCCC3C2)cc1O. The third-order valence-corrected chi connectivity index (χ3v) is 4.15. The molecule has 2 heterocycles. The zero-order chi connectivity index (χ0) is 13.4. The van der Waals surface area contributed by atoms with Crippen molar-refractivity contribution in [3.05, 3.63) is 23.8 Å². The molecule has 3 rings (SSSR count). The summed E-state index contributed by atoms with van der Waals surface area (Å²) >= 11 is 0. The van der Waals surface area contributed by atoms with E-state index >= 15 is 0 Å². The first-order chi connectivity index (χ1) is 9.15. The molecule has 0 bridgehead atoms. The Kier molecular flexibility index (Phi) is 3.06. The first-order valence-electron chi connectivity index (χ1n) is 6.77. The van der Waals surface area contributed by atoms with Gasteiger partial charge in [-0.3, -0.25) is 9.69 Å². The van der Waals surface area contributed by atoms with E-state index in [1.165, 1.54) is 18.9 Å². The van der Waals surface area contributed by atoms with Crippen molar-refractivity contribution in [3.8, 4) is 5.75 Å². The van der Waals surface area contributed by atoms with E-state index in [0.717, 1.165) is 26.2 Å². The lowest BCUT2D eigenvalue weighted by atomic mass is 10.1. The summed E-state index contributed by atoms with van der Waals surface area (Å²) in [5, 5.41) is 9.59. The van der Waals surface area contributed by atoms with Crippen LogP contribution in [0.4, 0.5) is 5.69 Å². The van der Waals surface area contributed by atoms with Crippen LogP contribution in [0.25, 0.3) is 0 Å². The Hall–Kier alpha value is -1.75. The summed E-state index contributed by atoms with van der Waals surface area (Å²) in [5.41, 5.74) is 6.37. The number of hydrogen-bond acceptors (Lipinski definition) is 4. The monoisotopic (exact) mass is 261 g/mol. The predicted octanol–water partition coefficient (Wildman–Crippen LogP) is 0.895. The lowest BCUT2D eigenvalue weighted by molar-refractivity contribution is 0.0571. The molecule has 0 aromatic heterocycles. The molecular weight excluding hydrogens is 242 g/mol. The maximum absolute atomic E-state index is 12.4. The number of hydrogen-bond donors (Lipinski definition) is 2. The van der Waals surface area contributed by atoms with Gasteiger partial charge in [0.15, 0.2) is 0 Å². The fourth-order valence-corrected chi connectivity index (χ4v) is 3.03. The number of phenolic OH excluding ortho intramolecular Hbond substituents is 1. The number of benzene rings is 1. The number of rotatable bonds is 1. The fourth-order valence-electron chi connectivity index (χ4n) is 3.03. The van der Waals surface area contributed by atoms with Crippen LogP contribution in [-0.4, -0.2) is 53.0 Å². The molecule has 5 heteroatoms. The molecule has 5 nitrogen and oxygen atoms in total. The van der Waals surface area contributed by atoms with Crippen molar-refractivity contribution in [2.75, 3.05) is 31.9 Å².